The van der Waals surface area contributed by atoms with Gasteiger partial charge in [-0.05, 0) is 36.4 Å². The molecule has 0 bridgehead atoms. The van der Waals surface area contributed by atoms with Crippen molar-refractivity contribution in [3.05, 3.63) is 53.6 Å². The van der Waals surface area contributed by atoms with E-state index in [-0.39, 0.29) is 22.6 Å². The fraction of sp³-hybridized carbons (Fsp3) is 0. The van der Waals surface area contributed by atoms with Gasteiger partial charge in [0.2, 0.25) is 0 Å². The van der Waals surface area contributed by atoms with Crippen LogP contribution in [0.4, 0.5) is 25.8 Å². The molecule has 0 heterocycles. The molecule has 98 valence electrons. The average molecular weight is 263 g/mol. The Morgan fingerprint density at radius 2 is 1.53 bits per heavy atom. The summed E-state index contributed by atoms with van der Waals surface area (Å²) in [5, 5.41) is 2.26. The number of carbonyl (C=O) groups excluding carboxylic acids is 1. The maximum Gasteiger partial charge on any atom is 0.258 e. The number of hydrogen-bond donors (Lipinski definition) is 3. The first-order chi connectivity index (χ1) is 8.97. The van der Waals surface area contributed by atoms with E-state index in [1.807, 2.05) is 0 Å². The molecule has 0 unspecified atom stereocenters. The van der Waals surface area contributed by atoms with Gasteiger partial charge in [0.1, 0.15) is 11.6 Å². The normalized spacial score (nSPS) is 10.2. The van der Waals surface area contributed by atoms with Crippen molar-refractivity contribution in [3.8, 4) is 0 Å². The van der Waals surface area contributed by atoms with Crippen molar-refractivity contribution in [2.45, 2.75) is 0 Å². The molecule has 0 saturated carbocycles. The van der Waals surface area contributed by atoms with E-state index < -0.39 is 17.5 Å². The molecule has 0 aliphatic carbocycles. The zero-order chi connectivity index (χ0) is 14.0. The topological polar surface area (TPSA) is 81.1 Å². The fourth-order valence-corrected chi connectivity index (χ4v) is 1.54. The van der Waals surface area contributed by atoms with Gasteiger partial charge >= 0.3 is 0 Å². The van der Waals surface area contributed by atoms with Crippen LogP contribution in [0.25, 0.3) is 0 Å². The van der Waals surface area contributed by atoms with Crippen LogP contribution in [0.15, 0.2) is 36.4 Å². The molecule has 2 aromatic rings. The van der Waals surface area contributed by atoms with E-state index in [9.17, 15) is 13.6 Å². The lowest BCUT2D eigenvalue weighted by molar-refractivity contribution is 0.102. The molecule has 2 rings (SSSR count). The SMILES string of the molecule is Nc1ccc(NC(=O)c2ccc(N)cc2F)c(F)c1. The van der Waals surface area contributed by atoms with Crippen LogP contribution in [0.5, 0.6) is 0 Å². The number of benzene rings is 2. The summed E-state index contributed by atoms with van der Waals surface area (Å²) in [5.74, 6) is -2.22. The Labute approximate surface area is 108 Å². The van der Waals surface area contributed by atoms with E-state index >= 15 is 0 Å². The number of amides is 1. The van der Waals surface area contributed by atoms with Crippen LogP contribution in [-0.2, 0) is 0 Å². The first kappa shape index (κ1) is 12.8. The summed E-state index contributed by atoms with van der Waals surface area (Å²) in [4.78, 5) is 11.8. The van der Waals surface area contributed by atoms with Gasteiger partial charge in [-0.15, -0.1) is 0 Å². The monoisotopic (exact) mass is 263 g/mol. The number of nitrogens with one attached hydrogen (secondary N) is 1. The van der Waals surface area contributed by atoms with Crippen molar-refractivity contribution in [1.82, 2.24) is 0 Å². The minimum atomic E-state index is -0.770. The van der Waals surface area contributed by atoms with Crippen LogP contribution in [0.2, 0.25) is 0 Å². The third kappa shape index (κ3) is 2.79. The zero-order valence-electron chi connectivity index (χ0n) is 9.78. The van der Waals surface area contributed by atoms with Crippen LogP contribution < -0.4 is 16.8 Å². The minimum Gasteiger partial charge on any atom is -0.399 e. The molecule has 0 atom stereocenters. The summed E-state index contributed by atoms with van der Waals surface area (Å²) < 4.78 is 27.0. The first-order valence-electron chi connectivity index (χ1n) is 5.39. The molecule has 0 fully saturated rings. The van der Waals surface area contributed by atoms with Crippen molar-refractivity contribution in [2.75, 3.05) is 16.8 Å². The maximum atomic E-state index is 13.5. The Hall–Kier alpha value is -2.63. The van der Waals surface area contributed by atoms with Crippen molar-refractivity contribution >= 4 is 23.0 Å². The summed E-state index contributed by atoms with van der Waals surface area (Å²) in [6.07, 6.45) is 0. The van der Waals surface area contributed by atoms with Crippen LogP contribution >= 0.6 is 0 Å². The predicted octanol–water partition coefficient (Wildman–Crippen LogP) is 2.38. The number of hydrogen-bond acceptors (Lipinski definition) is 3. The molecule has 19 heavy (non-hydrogen) atoms. The van der Waals surface area contributed by atoms with Crippen LogP contribution in [0, 0.1) is 11.6 Å². The lowest BCUT2D eigenvalue weighted by atomic mass is 10.1. The van der Waals surface area contributed by atoms with Crippen molar-refractivity contribution in [3.63, 3.8) is 0 Å². The molecule has 0 aliphatic rings. The molecular weight excluding hydrogens is 252 g/mol. The second kappa shape index (κ2) is 4.93. The lowest BCUT2D eigenvalue weighted by Gasteiger charge is -2.08. The Morgan fingerprint density at radius 1 is 0.947 bits per heavy atom. The Bertz CT molecular complexity index is 644. The third-order valence-corrected chi connectivity index (χ3v) is 2.48. The van der Waals surface area contributed by atoms with Gasteiger partial charge < -0.3 is 16.8 Å². The third-order valence-electron chi connectivity index (χ3n) is 2.48. The summed E-state index contributed by atoms with van der Waals surface area (Å²) in [7, 11) is 0. The van der Waals surface area contributed by atoms with Gasteiger partial charge in [-0.1, -0.05) is 0 Å². The maximum absolute atomic E-state index is 13.5. The number of nitrogens with two attached hydrogens (primary N) is 2. The van der Waals surface area contributed by atoms with Crippen molar-refractivity contribution in [2.24, 2.45) is 0 Å². The van der Waals surface area contributed by atoms with Gasteiger partial charge in [0.25, 0.3) is 5.91 Å². The molecule has 2 aromatic carbocycles. The van der Waals surface area contributed by atoms with Gasteiger partial charge in [-0.25, -0.2) is 8.78 Å². The van der Waals surface area contributed by atoms with Gasteiger partial charge in [-0.3, -0.25) is 4.79 Å². The summed E-state index contributed by atoms with van der Waals surface area (Å²) in [5.41, 5.74) is 10.9. The molecular formula is C13H11F2N3O. The predicted molar refractivity (Wildman–Crippen MR) is 69.6 cm³/mol. The van der Waals surface area contributed by atoms with Crippen LogP contribution in [0.3, 0.4) is 0 Å². The fourth-order valence-electron chi connectivity index (χ4n) is 1.54. The highest BCUT2D eigenvalue weighted by atomic mass is 19.1. The number of carbonyl (C=O) groups is 1. The molecule has 0 saturated heterocycles. The van der Waals surface area contributed by atoms with Gasteiger partial charge in [0.15, 0.2) is 0 Å². The standard InChI is InChI=1S/C13H11F2N3O/c14-10-5-7(16)1-3-9(10)13(19)18-12-4-2-8(17)6-11(12)15/h1-6H,16-17H2,(H,18,19). The van der Waals surface area contributed by atoms with E-state index in [0.29, 0.717) is 0 Å². The lowest BCUT2D eigenvalue weighted by Crippen LogP contribution is -2.15. The van der Waals surface area contributed by atoms with E-state index in [1.54, 1.807) is 0 Å². The zero-order valence-corrected chi connectivity index (χ0v) is 9.78. The van der Waals surface area contributed by atoms with E-state index in [4.69, 9.17) is 11.5 Å². The summed E-state index contributed by atoms with van der Waals surface area (Å²) in [6, 6.07) is 7.44. The summed E-state index contributed by atoms with van der Waals surface area (Å²) >= 11 is 0. The highest BCUT2D eigenvalue weighted by Gasteiger charge is 2.13. The number of nitrogen functional groups attached to an aromatic ring is 2. The molecule has 4 nitrogen and oxygen atoms in total. The van der Waals surface area contributed by atoms with E-state index in [0.717, 1.165) is 12.1 Å². The summed E-state index contributed by atoms with van der Waals surface area (Å²) in [6.45, 7) is 0. The highest BCUT2D eigenvalue weighted by Crippen LogP contribution is 2.19. The smallest absolute Gasteiger partial charge is 0.258 e. The Morgan fingerprint density at radius 3 is 2.11 bits per heavy atom. The second-order valence-electron chi connectivity index (χ2n) is 3.93. The molecule has 0 aromatic heterocycles. The van der Waals surface area contributed by atoms with Crippen molar-refractivity contribution < 1.29 is 13.6 Å². The number of anilines is 3. The Balaban J connectivity index is 2.25. The van der Waals surface area contributed by atoms with Gasteiger partial charge in [-0.2, -0.15) is 0 Å². The van der Waals surface area contributed by atoms with Gasteiger partial charge in [0.05, 0.1) is 11.3 Å². The molecule has 0 aliphatic heterocycles. The largest absolute Gasteiger partial charge is 0.399 e. The van der Waals surface area contributed by atoms with Crippen LogP contribution in [-0.4, -0.2) is 5.91 Å². The molecule has 1 amide bonds. The molecule has 0 spiro atoms. The molecule has 6 heteroatoms. The molecule has 0 radical (unpaired) electrons. The second-order valence-corrected chi connectivity index (χ2v) is 3.93. The molecule has 5 N–H and O–H groups in total. The highest BCUT2D eigenvalue weighted by molar-refractivity contribution is 6.04. The first-order valence-corrected chi connectivity index (χ1v) is 5.39. The quantitative estimate of drug-likeness (QED) is 0.727. The average Bonchev–Trinajstić information content (AvgIpc) is 2.32. The number of rotatable bonds is 2. The number of halogens is 2. The van der Waals surface area contributed by atoms with Gasteiger partial charge in [0, 0.05) is 11.4 Å². The van der Waals surface area contributed by atoms with E-state index in [2.05, 4.69) is 5.32 Å². The van der Waals surface area contributed by atoms with Crippen LogP contribution in [0.1, 0.15) is 10.4 Å². The minimum absolute atomic E-state index is 0.0737. The van der Waals surface area contributed by atoms with Crippen molar-refractivity contribution in [1.29, 1.82) is 0 Å². The Kier molecular flexibility index (Phi) is 3.33. The van der Waals surface area contributed by atoms with E-state index in [1.165, 1.54) is 24.3 Å².